The smallest absolute Gasteiger partial charge is 0.335 e. The Morgan fingerprint density at radius 3 is 2.60 bits per heavy atom. The van der Waals surface area contributed by atoms with Gasteiger partial charge in [0.1, 0.15) is 4.83 Å². The van der Waals surface area contributed by atoms with Gasteiger partial charge < -0.3 is 5.11 Å². The summed E-state index contributed by atoms with van der Waals surface area (Å²) < 4.78 is 1.59. The molecule has 2 aromatic carbocycles. The van der Waals surface area contributed by atoms with Gasteiger partial charge in [-0.05, 0) is 60.1 Å². The minimum atomic E-state index is -0.963. The average Bonchev–Trinajstić information content (AvgIpc) is 3.21. The molecule has 0 atom stereocenters. The lowest BCUT2D eigenvalue weighted by Gasteiger charge is -2.16. The van der Waals surface area contributed by atoms with Gasteiger partial charge in [0, 0.05) is 10.9 Å². The minimum absolute atomic E-state index is 0.0729. The van der Waals surface area contributed by atoms with Crippen molar-refractivity contribution in [2.24, 2.45) is 0 Å². The molecule has 0 fully saturated rings. The number of aromatic nitrogens is 2. The molecule has 2 heterocycles. The summed E-state index contributed by atoms with van der Waals surface area (Å²) in [5.41, 5.74) is 5.84. The summed E-state index contributed by atoms with van der Waals surface area (Å²) in [5.74, 6) is -0.963. The fraction of sp³-hybridized carbons (Fsp3) is 0.208. The minimum Gasteiger partial charge on any atom is -0.478 e. The third kappa shape index (κ3) is 3.33. The predicted molar refractivity (Wildman–Crippen MR) is 118 cm³/mol. The molecule has 0 unspecified atom stereocenters. The molecule has 0 spiro atoms. The van der Waals surface area contributed by atoms with Crippen LogP contribution in [-0.4, -0.2) is 20.6 Å². The van der Waals surface area contributed by atoms with Crippen molar-refractivity contribution in [3.05, 3.63) is 86.8 Å². The quantitative estimate of drug-likeness (QED) is 0.521. The van der Waals surface area contributed by atoms with E-state index < -0.39 is 5.97 Å². The van der Waals surface area contributed by atoms with Gasteiger partial charge >= 0.3 is 5.97 Å². The highest BCUT2D eigenvalue weighted by Crippen LogP contribution is 2.33. The van der Waals surface area contributed by atoms with Crippen molar-refractivity contribution in [1.82, 2.24) is 9.55 Å². The van der Waals surface area contributed by atoms with E-state index in [1.54, 1.807) is 35.2 Å². The van der Waals surface area contributed by atoms with E-state index in [1.807, 2.05) is 5.38 Å². The van der Waals surface area contributed by atoms with Crippen LogP contribution in [0.3, 0.4) is 0 Å². The summed E-state index contributed by atoms with van der Waals surface area (Å²) in [4.78, 5) is 29.6. The Morgan fingerprint density at radius 1 is 1.07 bits per heavy atom. The van der Waals surface area contributed by atoms with Gasteiger partial charge in [-0.3, -0.25) is 9.36 Å². The first-order chi connectivity index (χ1) is 14.6. The van der Waals surface area contributed by atoms with Crippen LogP contribution in [0, 0.1) is 0 Å². The second-order valence-electron chi connectivity index (χ2n) is 7.70. The molecule has 30 heavy (non-hydrogen) atoms. The van der Waals surface area contributed by atoms with Crippen molar-refractivity contribution in [3.63, 3.8) is 0 Å². The second-order valence-corrected chi connectivity index (χ2v) is 8.56. The van der Waals surface area contributed by atoms with E-state index in [1.165, 1.54) is 35.3 Å². The molecule has 0 amide bonds. The maximum Gasteiger partial charge on any atom is 0.335 e. The number of benzene rings is 2. The molecule has 0 saturated heterocycles. The van der Waals surface area contributed by atoms with Crippen LogP contribution in [0.15, 0.2) is 59.0 Å². The SMILES string of the molecule is O=C(O)c1ccc(Cn2cnc3scc(-c4ccc5c(c4)CCCC5)c3c2=O)cc1. The Balaban J connectivity index is 1.54. The number of carboxylic acids is 1. The van der Waals surface area contributed by atoms with E-state index in [4.69, 9.17) is 5.11 Å². The Morgan fingerprint density at radius 2 is 1.83 bits per heavy atom. The normalized spacial score (nSPS) is 13.3. The van der Waals surface area contributed by atoms with Crippen molar-refractivity contribution in [2.45, 2.75) is 32.2 Å². The van der Waals surface area contributed by atoms with E-state index in [-0.39, 0.29) is 11.1 Å². The molecule has 4 aromatic rings. The summed E-state index contributed by atoms with van der Waals surface area (Å²) in [6.45, 7) is 0.348. The first-order valence-electron chi connectivity index (χ1n) is 10.0. The summed E-state index contributed by atoms with van der Waals surface area (Å²) in [6.07, 6.45) is 6.27. The lowest BCUT2D eigenvalue weighted by molar-refractivity contribution is 0.0697. The molecule has 0 saturated carbocycles. The number of carboxylic acid groups (broad SMARTS) is 1. The first kappa shape index (κ1) is 18.8. The van der Waals surface area contributed by atoms with Gasteiger partial charge in [0.05, 0.1) is 23.8 Å². The van der Waals surface area contributed by atoms with Crippen LogP contribution in [0.1, 0.15) is 39.9 Å². The fourth-order valence-electron chi connectivity index (χ4n) is 4.14. The first-order valence-corrected chi connectivity index (χ1v) is 10.9. The van der Waals surface area contributed by atoms with Gasteiger partial charge in [0.2, 0.25) is 0 Å². The van der Waals surface area contributed by atoms with Gasteiger partial charge in [0.15, 0.2) is 0 Å². The maximum absolute atomic E-state index is 13.3. The number of carbonyl (C=O) groups is 1. The van der Waals surface area contributed by atoms with Crippen molar-refractivity contribution in [3.8, 4) is 11.1 Å². The summed E-state index contributed by atoms with van der Waals surface area (Å²) in [5, 5.41) is 11.7. The number of nitrogens with zero attached hydrogens (tertiary/aromatic N) is 2. The van der Waals surface area contributed by atoms with E-state index in [0.717, 1.165) is 34.4 Å². The molecule has 0 radical (unpaired) electrons. The molecular formula is C24H20N2O3S. The Kier molecular flexibility index (Phi) is 4.71. The molecular weight excluding hydrogens is 396 g/mol. The summed E-state index contributed by atoms with van der Waals surface area (Å²) >= 11 is 1.49. The number of aryl methyl sites for hydroxylation is 2. The van der Waals surface area contributed by atoms with Gasteiger partial charge in [-0.2, -0.15) is 0 Å². The monoisotopic (exact) mass is 416 g/mol. The van der Waals surface area contributed by atoms with Crippen molar-refractivity contribution >= 4 is 27.5 Å². The summed E-state index contributed by atoms with van der Waals surface area (Å²) in [7, 11) is 0. The standard InChI is InChI=1S/C24H20N2O3S/c27-23-21-20(19-10-9-16-3-1-2-4-18(16)11-19)13-30-22(21)25-14-26(23)12-15-5-7-17(8-6-15)24(28)29/h5-11,13-14H,1-4,12H2,(H,28,29). The topological polar surface area (TPSA) is 72.2 Å². The van der Waals surface area contributed by atoms with Crippen molar-refractivity contribution < 1.29 is 9.90 Å². The van der Waals surface area contributed by atoms with Gasteiger partial charge in [-0.25, -0.2) is 9.78 Å². The average molecular weight is 417 g/mol. The lowest BCUT2D eigenvalue weighted by Crippen LogP contribution is -2.21. The molecule has 5 nitrogen and oxygen atoms in total. The molecule has 6 heteroatoms. The number of hydrogen-bond acceptors (Lipinski definition) is 4. The highest BCUT2D eigenvalue weighted by atomic mass is 32.1. The van der Waals surface area contributed by atoms with Crippen LogP contribution in [0.4, 0.5) is 0 Å². The van der Waals surface area contributed by atoms with Gasteiger partial charge in [-0.15, -0.1) is 11.3 Å². The molecule has 1 aliphatic carbocycles. The maximum atomic E-state index is 13.3. The van der Waals surface area contributed by atoms with Crippen LogP contribution < -0.4 is 5.56 Å². The molecule has 1 aliphatic rings. The molecule has 1 N–H and O–H groups in total. The number of thiophene rings is 1. The molecule has 2 aromatic heterocycles. The molecule has 0 aliphatic heterocycles. The zero-order valence-corrected chi connectivity index (χ0v) is 17.1. The van der Waals surface area contributed by atoms with E-state index in [2.05, 4.69) is 23.2 Å². The van der Waals surface area contributed by atoms with Crippen LogP contribution in [0.25, 0.3) is 21.3 Å². The van der Waals surface area contributed by atoms with Crippen LogP contribution >= 0.6 is 11.3 Å². The number of hydrogen-bond donors (Lipinski definition) is 1. The van der Waals surface area contributed by atoms with Crippen LogP contribution in [0.5, 0.6) is 0 Å². The molecule has 5 rings (SSSR count). The Bertz CT molecular complexity index is 1320. The highest BCUT2D eigenvalue weighted by Gasteiger charge is 2.16. The highest BCUT2D eigenvalue weighted by molar-refractivity contribution is 7.17. The number of fused-ring (bicyclic) bond motifs is 2. The predicted octanol–water partition coefficient (Wildman–Crippen LogP) is 4.75. The Labute approximate surface area is 177 Å². The van der Waals surface area contributed by atoms with Gasteiger partial charge in [0.25, 0.3) is 5.56 Å². The van der Waals surface area contributed by atoms with E-state index >= 15 is 0 Å². The van der Waals surface area contributed by atoms with Crippen LogP contribution in [-0.2, 0) is 19.4 Å². The van der Waals surface area contributed by atoms with Crippen molar-refractivity contribution in [2.75, 3.05) is 0 Å². The zero-order chi connectivity index (χ0) is 20.7. The van der Waals surface area contributed by atoms with E-state index in [0.29, 0.717) is 11.9 Å². The second kappa shape index (κ2) is 7.54. The largest absolute Gasteiger partial charge is 0.478 e. The van der Waals surface area contributed by atoms with Crippen LogP contribution in [0.2, 0.25) is 0 Å². The zero-order valence-electron chi connectivity index (χ0n) is 16.3. The van der Waals surface area contributed by atoms with Crippen molar-refractivity contribution in [1.29, 1.82) is 0 Å². The summed E-state index contributed by atoms with van der Waals surface area (Å²) in [6, 6.07) is 13.1. The molecule has 0 bridgehead atoms. The third-order valence-electron chi connectivity index (χ3n) is 5.77. The molecule has 150 valence electrons. The lowest BCUT2D eigenvalue weighted by atomic mass is 9.89. The third-order valence-corrected chi connectivity index (χ3v) is 6.66. The van der Waals surface area contributed by atoms with Gasteiger partial charge in [-0.1, -0.05) is 30.3 Å². The number of aromatic carboxylic acids is 1. The Hall–Kier alpha value is -3.25. The fourth-order valence-corrected chi connectivity index (χ4v) is 5.05. The van der Waals surface area contributed by atoms with E-state index in [9.17, 15) is 9.59 Å². The number of rotatable bonds is 4.